The zero-order chi connectivity index (χ0) is 19.6. The number of nitrogens with zero attached hydrogens (tertiary/aromatic N) is 3. The Morgan fingerprint density at radius 1 is 1.22 bits per heavy atom. The molecule has 0 N–H and O–H groups in total. The van der Waals surface area contributed by atoms with E-state index in [1.807, 2.05) is 44.2 Å². The number of para-hydroxylation sites is 1. The van der Waals surface area contributed by atoms with Gasteiger partial charge < -0.3 is 0 Å². The molecule has 1 amide bonds. The first kappa shape index (κ1) is 19.3. The Kier molecular flexibility index (Phi) is 5.76. The predicted octanol–water partition coefficient (Wildman–Crippen LogP) is 5.37. The Bertz CT molecular complexity index is 958. The van der Waals surface area contributed by atoms with E-state index in [9.17, 15) is 14.9 Å². The van der Waals surface area contributed by atoms with Crippen LogP contribution in [0.4, 0.5) is 11.4 Å². The van der Waals surface area contributed by atoms with Crippen LogP contribution in [0.2, 0.25) is 0 Å². The van der Waals surface area contributed by atoms with Crippen LogP contribution in [-0.4, -0.2) is 26.9 Å². The van der Waals surface area contributed by atoms with Crippen molar-refractivity contribution in [3.63, 3.8) is 0 Å². The maximum atomic E-state index is 12.9. The van der Waals surface area contributed by atoms with Gasteiger partial charge in [-0.1, -0.05) is 24.3 Å². The summed E-state index contributed by atoms with van der Waals surface area (Å²) in [6, 6.07) is 14.1. The van der Waals surface area contributed by atoms with Gasteiger partial charge in [-0.3, -0.25) is 19.8 Å². The normalized spacial score (nSPS) is 17.3. The van der Waals surface area contributed by atoms with Crippen LogP contribution < -0.4 is 0 Å². The van der Waals surface area contributed by atoms with Crippen LogP contribution >= 0.6 is 27.7 Å². The maximum Gasteiger partial charge on any atom is 0.284 e. The van der Waals surface area contributed by atoms with Crippen LogP contribution in [0.25, 0.3) is 6.08 Å². The number of hydrogen-bond donors (Lipinski definition) is 0. The molecule has 1 aliphatic heterocycles. The van der Waals surface area contributed by atoms with E-state index in [4.69, 9.17) is 0 Å². The number of halogens is 1. The van der Waals surface area contributed by atoms with Gasteiger partial charge in [0.2, 0.25) is 0 Å². The molecular weight excluding hydrogens is 430 g/mol. The number of amidine groups is 1. The molecule has 0 bridgehead atoms. The van der Waals surface area contributed by atoms with Gasteiger partial charge in [0.05, 0.1) is 20.0 Å². The molecule has 6 nitrogen and oxygen atoms in total. The predicted molar refractivity (Wildman–Crippen MR) is 112 cm³/mol. The van der Waals surface area contributed by atoms with Crippen LogP contribution in [0.15, 0.2) is 62.9 Å². The van der Waals surface area contributed by atoms with E-state index in [2.05, 4.69) is 20.9 Å². The first-order valence-corrected chi connectivity index (χ1v) is 9.78. The van der Waals surface area contributed by atoms with Crippen molar-refractivity contribution in [2.75, 3.05) is 0 Å². The smallest absolute Gasteiger partial charge is 0.284 e. The molecule has 27 heavy (non-hydrogen) atoms. The quantitative estimate of drug-likeness (QED) is 0.360. The highest BCUT2D eigenvalue weighted by molar-refractivity contribution is 9.10. The van der Waals surface area contributed by atoms with Gasteiger partial charge in [-0.05, 0) is 71.4 Å². The lowest BCUT2D eigenvalue weighted by Gasteiger charge is -2.19. The lowest BCUT2D eigenvalue weighted by atomic mass is 10.2. The fourth-order valence-corrected chi connectivity index (χ4v) is 4.06. The lowest BCUT2D eigenvalue weighted by Crippen LogP contribution is -2.35. The second kappa shape index (κ2) is 8.06. The van der Waals surface area contributed by atoms with Crippen molar-refractivity contribution in [3.8, 4) is 0 Å². The van der Waals surface area contributed by atoms with E-state index in [1.165, 1.54) is 17.8 Å². The molecule has 0 saturated carbocycles. The Hall–Kier alpha value is -2.45. The second-order valence-corrected chi connectivity index (χ2v) is 7.94. The molecule has 1 saturated heterocycles. The van der Waals surface area contributed by atoms with Gasteiger partial charge in [-0.15, -0.1) is 0 Å². The Morgan fingerprint density at radius 2 is 1.93 bits per heavy atom. The number of hydrogen-bond acceptors (Lipinski definition) is 5. The molecule has 0 spiro atoms. The third-order valence-electron chi connectivity index (χ3n) is 3.80. The number of carbonyl (C=O) groups excluding carboxylic acids is 1. The maximum absolute atomic E-state index is 12.9. The topological polar surface area (TPSA) is 75.8 Å². The Labute approximate surface area is 169 Å². The third kappa shape index (κ3) is 4.28. The number of benzene rings is 2. The lowest BCUT2D eigenvalue weighted by molar-refractivity contribution is -0.385. The highest BCUT2D eigenvalue weighted by Gasteiger charge is 2.35. The largest absolute Gasteiger partial charge is 0.284 e. The minimum Gasteiger partial charge on any atom is -0.284 e. The highest BCUT2D eigenvalue weighted by atomic mass is 79.9. The van der Waals surface area contributed by atoms with Crippen molar-refractivity contribution in [2.24, 2.45) is 4.99 Å². The molecule has 1 fully saturated rings. The molecule has 3 rings (SSSR count). The van der Waals surface area contributed by atoms with Gasteiger partial charge in [0, 0.05) is 12.1 Å². The number of carbonyl (C=O) groups is 1. The Balaban J connectivity index is 1.99. The summed E-state index contributed by atoms with van der Waals surface area (Å²) in [6.45, 7) is 3.85. The van der Waals surface area contributed by atoms with Gasteiger partial charge in [-0.2, -0.15) is 0 Å². The minimum absolute atomic E-state index is 0.0429. The molecule has 1 aliphatic rings. The summed E-state index contributed by atoms with van der Waals surface area (Å²) in [5.41, 5.74) is 1.31. The number of nitro benzene ring substituents is 1. The molecule has 0 radical (unpaired) electrons. The minimum atomic E-state index is -0.460. The highest BCUT2D eigenvalue weighted by Crippen LogP contribution is 2.36. The number of amides is 1. The van der Waals surface area contributed by atoms with Crippen molar-refractivity contribution in [3.05, 3.63) is 73.6 Å². The van der Waals surface area contributed by atoms with Crippen molar-refractivity contribution in [2.45, 2.75) is 19.9 Å². The van der Waals surface area contributed by atoms with Crippen molar-refractivity contribution >= 4 is 56.2 Å². The first-order valence-electron chi connectivity index (χ1n) is 8.17. The fourth-order valence-electron chi connectivity index (χ4n) is 2.54. The number of nitro groups is 1. The number of thioether (sulfide) groups is 1. The van der Waals surface area contributed by atoms with Gasteiger partial charge in [0.25, 0.3) is 11.6 Å². The van der Waals surface area contributed by atoms with Crippen LogP contribution in [0, 0.1) is 10.1 Å². The van der Waals surface area contributed by atoms with Gasteiger partial charge in [0.15, 0.2) is 5.17 Å². The zero-order valence-corrected chi connectivity index (χ0v) is 17.0. The molecular formula is C19H16BrN3O3S. The SMILES string of the molecule is CC(C)N1C(=O)/C(=C\c2ccc(Br)c([N+](=O)[O-])c2)SC1=Nc1ccccc1. The molecule has 0 unspecified atom stereocenters. The fraction of sp³-hybridized carbons (Fsp3) is 0.158. The summed E-state index contributed by atoms with van der Waals surface area (Å²) in [7, 11) is 0. The van der Waals surface area contributed by atoms with E-state index in [0.717, 1.165) is 5.69 Å². The van der Waals surface area contributed by atoms with E-state index in [-0.39, 0.29) is 17.6 Å². The van der Waals surface area contributed by atoms with E-state index < -0.39 is 4.92 Å². The molecule has 0 aliphatic carbocycles. The summed E-state index contributed by atoms with van der Waals surface area (Å²) < 4.78 is 0.398. The zero-order valence-electron chi connectivity index (χ0n) is 14.6. The monoisotopic (exact) mass is 445 g/mol. The summed E-state index contributed by atoms with van der Waals surface area (Å²) in [5.74, 6) is -0.157. The van der Waals surface area contributed by atoms with Crippen molar-refractivity contribution in [1.82, 2.24) is 4.90 Å². The Morgan fingerprint density at radius 3 is 2.56 bits per heavy atom. The summed E-state index contributed by atoms with van der Waals surface area (Å²) in [4.78, 5) is 30.2. The average Bonchev–Trinajstić information content (AvgIpc) is 2.92. The van der Waals surface area contributed by atoms with Gasteiger partial charge in [0.1, 0.15) is 0 Å². The van der Waals surface area contributed by atoms with Crippen LogP contribution in [-0.2, 0) is 4.79 Å². The summed E-state index contributed by atoms with van der Waals surface area (Å²) >= 11 is 4.44. The van der Waals surface area contributed by atoms with E-state index >= 15 is 0 Å². The van der Waals surface area contributed by atoms with Gasteiger partial charge >= 0.3 is 0 Å². The molecule has 0 atom stereocenters. The molecule has 8 heteroatoms. The average molecular weight is 446 g/mol. The molecule has 2 aromatic rings. The molecule has 2 aromatic carbocycles. The molecule has 138 valence electrons. The first-order chi connectivity index (χ1) is 12.9. The number of rotatable bonds is 4. The van der Waals surface area contributed by atoms with E-state index in [1.54, 1.807) is 23.1 Å². The van der Waals surface area contributed by atoms with Crippen LogP contribution in [0.5, 0.6) is 0 Å². The summed E-state index contributed by atoms with van der Waals surface area (Å²) in [5, 5.41) is 11.7. The third-order valence-corrected chi connectivity index (χ3v) is 5.45. The molecule has 0 aromatic heterocycles. The van der Waals surface area contributed by atoms with E-state index in [0.29, 0.717) is 20.1 Å². The van der Waals surface area contributed by atoms with Crippen LogP contribution in [0.3, 0.4) is 0 Å². The van der Waals surface area contributed by atoms with Crippen molar-refractivity contribution < 1.29 is 9.72 Å². The summed E-state index contributed by atoms with van der Waals surface area (Å²) in [6.07, 6.45) is 1.66. The second-order valence-electron chi connectivity index (χ2n) is 6.08. The van der Waals surface area contributed by atoms with Gasteiger partial charge in [-0.25, -0.2) is 4.99 Å². The van der Waals surface area contributed by atoms with Crippen molar-refractivity contribution in [1.29, 1.82) is 0 Å². The standard InChI is InChI=1S/C19H16BrN3O3S/c1-12(2)22-18(24)17(27-19(22)21-14-6-4-3-5-7-14)11-13-8-9-15(20)16(10-13)23(25)26/h3-12H,1-2H3/b17-11+,21-19?. The molecule has 1 heterocycles. The van der Waals surface area contributed by atoms with Crippen LogP contribution in [0.1, 0.15) is 19.4 Å². The number of aliphatic imine (C=N–C) groups is 1.